The van der Waals surface area contributed by atoms with Crippen LogP contribution in [-0.4, -0.2) is 18.4 Å². The first kappa shape index (κ1) is 22.4. The van der Waals surface area contributed by atoms with Crippen molar-refractivity contribution in [2.45, 2.75) is 75.1 Å². The van der Waals surface area contributed by atoms with E-state index in [1.54, 1.807) is 18.3 Å². The van der Waals surface area contributed by atoms with Gasteiger partial charge in [-0.05, 0) is 0 Å². The van der Waals surface area contributed by atoms with Gasteiger partial charge in [-0.3, -0.25) is 0 Å². The third-order valence-corrected chi connectivity index (χ3v) is 16.9. The molecule has 0 aliphatic carbocycles. The summed E-state index contributed by atoms with van der Waals surface area (Å²) < 4.78 is 3.56. The van der Waals surface area contributed by atoms with Crippen LogP contribution in [0, 0.1) is 0 Å². The molecule has 1 aliphatic rings. The van der Waals surface area contributed by atoms with Crippen molar-refractivity contribution in [1.29, 1.82) is 0 Å². The Labute approximate surface area is 183 Å². The van der Waals surface area contributed by atoms with Gasteiger partial charge in [0.25, 0.3) is 0 Å². The Hall–Kier alpha value is -1.28. The van der Waals surface area contributed by atoms with Crippen molar-refractivity contribution >= 4 is 25.6 Å². The van der Waals surface area contributed by atoms with E-state index in [9.17, 15) is 0 Å². The molecular weight excluding hydrogens is 455 g/mol. The fourth-order valence-electron chi connectivity index (χ4n) is 5.12. The van der Waals surface area contributed by atoms with Gasteiger partial charge in [0, 0.05) is 0 Å². The van der Waals surface area contributed by atoms with E-state index in [0.717, 1.165) is 0 Å². The van der Waals surface area contributed by atoms with Crippen LogP contribution in [-0.2, 0) is 0 Å². The molecule has 2 aromatic carbocycles. The third kappa shape index (κ3) is 5.07. The van der Waals surface area contributed by atoms with Crippen LogP contribution in [0.15, 0.2) is 71.8 Å². The van der Waals surface area contributed by atoms with Crippen molar-refractivity contribution in [2.24, 2.45) is 0 Å². The van der Waals surface area contributed by atoms with E-state index in [1.807, 2.05) is 0 Å². The third-order valence-electron chi connectivity index (χ3n) is 6.40. The van der Waals surface area contributed by atoms with E-state index >= 15 is 0 Å². The fraction of sp³-hybridized carbons (Fsp3) is 0.429. The molecular formula is C28H38Sn. The van der Waals surface area contributed by atoms with Crippen LogP contribution in [0.4, 0.5) is 0 Å². The van der Waals surface area contributed by atoms with Crippen LogP contribution in [0.25, 0.3) is 7.18 Å². The molecule has 0 unspecified atom stereocenters. The van der Waals surface area contributed by atoms with Gasteiger partial charge >= 0.3 is 184 Å². The van der Waals surface area contributed by atoms with Gasteiger partial charge in [-0.2, -0.15) is 0 Å². The van der Waals surface area contributed by atoms with Crippen LogP contribution in [0.3, 0.4) is 0 Å². The molecule has 0 bridgehead atoms. The molecule has 0 aromatic heterocycles. The monoisotopic (exact) mass is 494 g/mol. The molecule has 3 rings (SSSR count). The normalized spacial score (nSPS) is 16.0. The minimum atomic E-state index is -2.69. The molecule has 1 heteroatoms. The Balaban J connectivity index is 2.15. The molecule has 0 spiro atoms. The molecule has 1 aliphatic heterocycles. The number of rotatable bonds is 10. The topological polar surface area (TPSA) is 0 Å². The molecule has 0 radical (unpaired) electrons. The van der Waals surface area contributed by atoms with Gasteiger partial charge in [0.15, 0.2) is 0 Å². The Kier molecular flexibility index (Phi) is 8.24. The quantitative estimate of drug-likeness (QED) is 0.229. The minimum absolute atomic E-state index is 1.26. The zero-order valence-electron chi connectivity index (χ0n) is 18.9. The van der Waals surface area contributed by atoms with Gasteiger partial charge in [-0.1, -0.05) is 0 Å². The molecule has 0 saturated heterocycles. The van der Waals surface area contributed by atoms with E-state index in [4.69, 9.17) is 0 Å². The maximum absolute atomic E-state index is 2.69. The summed E-state index contributed by atoms with van der Waals surface area (Å²) in [4.78, 5) is 5.32. The van der Waals surface area contributed by atoms with Crippen LogP contribution < -0.4 is 0 Å². The standard InChI is InChI=1S/C26H32.2CH3.Sn/c1-3-5-9-19-25(21-23-15-11-7-12-16-23)26(20-10-6-4-2)22-24-17-13-8-14-18-24;;;/h7-8,11-18H,3-6,9-10,19-20H2,1-2H3;2*1H3;. The van der Waals surface area contributed by atoms with Crippen LogP contribution >= 0.6 is 0 Å². The Morgan fingerprint density at radius 1 is 0.552 bits per heavy atom. The van der Waals surface area contributed by atoms with Gasteiger partial charge < -0.3 is 0 Å². The van der Waals surface area contributed by atoms with E-state index in [-0.39, 0.29) is 0 Å². The maximum atomic E-state index is 2.66. The second-order valence-electron chi connectivity index (χ2n) is 8.98. The molecule has 1 heterocycles. The summed E-state index contributed by atoms with van der Waals surface area (Å²) in [7, 11) is 0. The fourth-order valence-corrected chi connectivity index (χ4v) is 16.8. The zero-order valence-corrected chi connectivity index (χ0v) is 21.8. The summed E-state index contributed by atoms with van der Waals surface area (Å²) in [5.41, 5.74) is 6.47. The molecule has 154 valence electrons. The first-order valence-corrected chi connectivity index (χ1v) is 20.3. The van der Waals surface area contributed by atoms with Gasteiger partial charge in [0.1, 0.15) is 0 Å². The molecule has 0 atom stereocenters. The number of hydrogen-bond acceptors (Lipinski definition) is 0. The van der Waals surface area contributed by atoms with Crippen molar-refractivity contribution in [2.75, 3.05) is 0 Å². The molecule has 0 N–H and O–H groups in total. The van der Waals surface area contributed by atoms with Crippen molar-refractivity contribution in [3.8, 4) is 0 Å². The predicted octanol–water partition coefficient (Wildman–Crippen LogP) is 8.86. The van der Waals surface area contributed by atoms with Gasteiger partial charge in [0.05, 0.1) is 0 Å². The van der Waals surface area contributed by atoms with E-state index < -0.39 is 18.4 Å². The number of benzene rings is 2. The number of hydrogen-bond donors (Lipinski definition) is 0. The zero-order chi connectivity index (χ0) is 20.7. The second kappa shape index (κ2) is 10.7. The van der Waals surface area contributed by atoms with Crippen molar-refractivity contribution in [3.63, 3.8) is 0 Å². The first-order chi connectivity index (χ1) is 14.1. The van der Waals surface area contributed by atoms with Gasteiger partial charge in [-0.25, -0.2) is 0 Å². The average Bonchev–Trinajstić information content (AvgIpc) is 2.96. The van der Waals surface area contributed by atoms with Crippen molar-refractivity contribution in [3.05, 3.63) is 82.9 Å². The van der Waals surface area contributed by atoms with Crippen LogP contribution in [0.5, 0.6) is 0 Å². The molecule has 0 fully saturated rings. The van der Waals surface area contributed by atoms with Crippen molar-refractivity contribution in [1.82, 2.24) is 0 Å². The summed E-state index contributed by atoms with van der Waals surface area (Å²) in [6.07, 6.45) is 10.4. The van der Waals surface area contributed by atoms with Crippen LogP contribution in [0.2, 0.25) is 9.88 Å². The summed E-state index contributed by atoms with van der Waals surface area (Å²) in [5.74, 6) is 0. The molecule has 0 nitrogen and oxygen atoms in total. The molecule has 0 saturated carbocycles. The summed E-state index contributed by atoms with van der Waals surface area (Å²) in [5, 5.41) is 0. The molecule has 29 heavy (non-hydrogen) atoms. The summed E-state index contributed by atoms with van der Waals surface area (Å²) in [6, 6.07) is 22.7. The summed E-state index contributed by atoms with van der Waals surface area (Å²) >= 11 is -2.69. The second-order valence-corrected chi connectivity index (χ2v) is 21.1. The summed E-state index contributed by atoms with van der Waals surface area (Å²) in [6.45, 7) is 4.63. The number of unbranched alkanes of at least 4 members (excludes halogenated alkanes) is 4. The van der Waals surface area contributed by atoms with Gasteiger partial charge in [0.2, 0.25) is 0 Å². The van der Waals surface area contributed by atoms with Gasteiger partial charge in [-0.15, -0.1) is 0 Å². The van der Waals surface area contributed by atoms with E-state index in [0.29, 0.717) is 0 Å². The Morgan fingerprint density at radius 3 is 1.28 bits per heavy atom. The predicted molar refractivity (Wildman–Crippen MR) is 132 cm³/mol. The SMILES string of the molecule is CCCCCC1=[C](c2ccccc2)[Sn]([CH3])([CH3])[C](c2ccccc2)=C1CCCCC. The van der Waals surface area contributed by atoms with Crippen LogP contribution in [0.1, 0.15) is 76.3 Å². The van der Waals surface area contributed by atoms with E-state index in [1.165, 1.54) is 62.5 Å². The van der Waals surface area contributed by atoms with Crippen molar-refractivity contribution < 1.29 is 0 Å². The molecule has 0 amide bonds. The average molecular weight is 493 g/mol. The Morgan fingerprint density at radius 2 is 0.931 bits per heavy atom. The number of allylic oxidation sites excluding steroid dienone is 2. The molecule has 2 aromatic rings. The first-order valence-electron chi connectivity index (χ1n) is 11.7. The van der Waals surface area contributed by atoms with E-state index in [2.05, 4.69) is 84.4 Å². The Bertz CT molecular complexity index is 769.